The van der Waals surface area contributed by atoms with Gasteiger partial charge in [0.15, 0.2) is 0 Å². The molecular weight excluding hydrogens is 298 g/mol. The quantitative estimate of drug-likeness (QED) is 0.891. The molecule has 2 aromatic rings. The van der Waals surface area contributed by atoms with Crippen molar-refractivity contribution in [3.8, 4) is 16.9 Å². The molecule has 1 aliphatic carbocycles. The van der Waals surface area contributed by atoms with Crippen molar-refractivity contribution in [2.75, 3.05) is 27.7 Å². The molecule has 0 radical (unpaired) electrons. The van der Waals surface area contributed by atoms with E-state index in [1.165, 1.54) is 29.5 Å². The lowest BCUT2D eigenvalue weighted by Gasteiger charge is -2.33. The van der Waals surface area contributed by atoms with E-state index in [-0.39, 0.29) is 6.10 Å². The standard InChI is InChI=1S/C21H27NO2/c1-22(2)13-12-16-4-5-18-14-17(8-11-20(18)21(16)24-3)15-6-9-19(23)10-7-15/h6-11,14,16,21,23H,4-5,12-13H2,1-3H3/t16-,21?/m1/s1. The Morgan fingerprint density at radius 2 is 1.79 bits per heavy atom. The van der Waals surface area contributed by atoms with E-state index in [0.717, 1.165) is 18.5 Å². The van der Waals surface area contributed by atoms with Gasteiger partial charge in [-0.3, -0.25) is 0 Å². The second-order valence-electron chi connectivity index (χ2n) is 7.01. The van der Waals surface area contributed by atoms with Crippen LogP contribution in [0.25, 0.3) is 11.1 Å². The number of methoxy groups -OCH3 is 1. The molecule has 128 valence electrons. The van der Waals surface area contributed by atoms with Crippen LogP contribution in [-0.2, 0) is 11.2 Å². The lowest BCUT2D eigenvalue weighted by Crippen LogP contribution is -2.26. The molecule has 0 bridgehead atoms. The van der Waals surface area contributed by atoms with E-state index < -0.39 is 0 Å². The summed E-state index contributed by atoms with van der Waals surface area (Å²) in [5.74, 6) is 0.893. The fourth-order valence-electron chi connectivity index (χ4n) is 3.72. The molecule has 0 fully saturated rings. The molecule has 3 rings (SSSR count). The highest BCUT2D eigenvalue weighted by Crippen LogP contribution is 2.40. The van der Waals surface area contributed by atoms with Crippen molar-refractivity contribution >= 4 is 0 Å². The molecule has 0 amide bonds. The van der Waals surface area contributed by atoms with Crippen molar-refractivity contribution in [1.29, 1.82) is 0 Å². The van der Waals surface area contributed by atoms with Gasteiger partial charge in [0.05, 0.1) is 6.10 Å². The molecule has 1 unspecified atom stereocenters. The average Bonchev–Trinajstić information content (AvgIpc) is 2.59. The Hall–Kier alpha value is -1.84. The molecule has 0 aliphatic heterocycles. The van der Waals surface area contributed by atoms with Gasteiger partial charge in [0.2, 0.25) is 0 Å². The van der Waals surface area contributed by atoms with E-state index in [1.54, 1.807) is 12.1 Å². The molecule has 24 heavy (non-hydrogen) atoms. The van der Waals surface area contributed by atoms with Crippen LogP contribution in [0.4, 0.5) is 0 Å². The Morgan fingerprint density at radius 1 is 1.08 bits per heavy atom. The maximum atomic E-state index is 9.46. The predicted octanol–water partition coefficient (Wildman–Crippen LogP) is 4.26. The number of hydrogen-bond donors (Lipinski definition) is 1. The van der Waals surface area contributed by atoms with Crippen LogP contribution in [0.2, 0.25) is 0 Å². The minimum absolute atomic E-state index is 0.197. The summed E-state index contributed by atoms with van der Waals surface area (Å²) in [6.45, 7) is 1.10. The summed E-state index contributed by atoms with van der Waals surface area (Å²) in [5.41, 5.74) is 5.08. The lowest BCUT2D eigenvalue weighted by atomic mass is 9.78. The summed E-state index contributed by atoms with van der Waals surface area (Å²) in [7, 11) is 6.08. The second kappa shape index (κ2) is 7.37. The number of phenols is 1. The van der Waals surface area contributed by atoms with Gasteiger partial charge in [-0.1, -0.05) is 30.3 Å². The molecule has 3 nitrogen and oxygen atoms in total. The van der Waals surface area contributed by atoms with Gasteiger partial charge in [0.1, 0.15) is 5.75 Å². The van der Waals surface area contributed by atoms with Gasteiger partial charge >= 0.3 is 0 Å². The summed E-state index contributed by atoms with van der Waals surface area (Å²) >= 11 is 0. The van der Waals surface area contributed by atoms with E-state index in [2.05, 4.69) is 37.2 Å². The maximum Gasteiger partial charge on any atom is 0.115 e. The molecule has 3 heteroatoms. The number of aryl methyl sites for hydroxylation is 1. The normalized spacial score (nSPS) is 20.2. The van der Waals surface area contributed by atoms with Gasteiger partial charge in [-0.05, 0) is 80.2 Å². The van der Waals surface area contributed by atoms with Crippen LogP contribution in [0.1, 0.15) is 30.1 Å². The maximum absolute atomic E-state index is 9.46. The monoisotopic (exact) mass is 325 g/mol. The third kappa shape index (κ3) is 3.63. The van der Waals surface area contributed by atoms with Crippen molar-refractivity contribution < 1.29 is 9.84 Å². The topological polar surface area (TPSA) is 32.7 Å². The SMILES string of the molecule is COC1c2ccc(-c3ccc(O)cc3)cc2CC[C@@H]1CCN(C)C. The van der Waals surface area contributed by atoms with Gasteiger partial charge in [0, 0.05) is 7.11 Å². The third-order valence-electron chi connectivity index (χ3n) is 5.06. The summed E-state index contributed by atoms with van der Waals surface area (Å²) in [6.07, 6.45) is 3.66. The largest absolute Gasteiger partial charge is 0.508 e. The molecule has 0 heterocycles. The number of rotatable bonds is 5. The zero-order valence-corrected chi connectivity index (χ0v) is 14.8. The van der Waals surface area contributed by atoms with E-state index in [4.69, 9.17) is 4.74 Å². The van der Waals surface area contributed by atoms with Crippen LogP contribution in [0.15, 0.2) is 42.5 Å². The van der Waals surface area contributed by atoms with Gasteiger partial charge in [-0.2, -0.15) is 0 Å². The van der Waals surface area contributed by atoms with E-state index in [9.17, 15) is 5.11 Å². The number of ether oxygens (including phenoxy) is 1. The van der Waals surface area contributed by atoms with E-state index in [0.29, 0.717) is 11.7 Å². The first-order valence-electron chi connectivity index (χ1n) is 8.68. The van der Waals surface area contributed by atoms with E-state index >= 15 is 0 Å². The van der Waals surface area contributed by atoms with Crippen LogP contribution < -0.4 is 0 Å². The van der Waals surface area contributed by atoms with Crippen LogP contribution in [-0.4, -0.2) is 37.8 Å². The van der Waals surface area contributed by atoms with Crippen molar-refractivity contribution in [1.82, 2.24) is 4.90 Å². The predicted molar refractivity (Wildman–Crippen MR) is 98.3 cm³/mol. The first-order valence-corrected chi connectivity index (χ1v) is 8.68. The van der Waals surface area contributed by atoms with Crippen molar-refractivity contribution in [3.63, 3.8) is 0 Å². The average molecular weight is 325 g/mol. The molecule has 0 spiro atoms. The molecule has 1 aliphatic rings. The zero-order valence-electron chi connectivity index (χ0n) is 14.8. The Kier molecular flexibility index (Phi) is 5.22. The van der Waals surface area contributed by atoms with Crippen LogP contribution in [0.3, 0.4) is 0 Å². The molecule has 0 saturated heterocycles. The lowest BCUT2D eigenvalue weighted by molar-refractivity contribution is 0.0343. The fraction of sp³-hybridized carbons (Fsp3) is 0.429. The van der Waals surface area contributed by atoms with Gasteiger partial charge < -0.3 is 14.7 Å². The van der Waals surface area contributed by atoms with Gasteiger partial charge in [-0.15, -0.1) is 0 Å². The summed E-state index contributed by atoms with van der Waals surface area (Å²) < 4.78 is 5.87. The number of fused-ring (bicyclic) bond motifs is 1. The summed E-state index contributed by atoms with van der Waals surface area (Å²) in [5, 5.41) is 9.46. The molecular formula is C21H27NO2. The third-order valence-corrected chi connectivity index (χ3v) is 5.06. The van der Waals surface area contributed by atoms with Crippen LogP contribution in [0, 0.1) is 5.92 Å². The minimum atomic E-state index is 0.197. The minimum Gasteiger partial charge on any atom is -0.508 e. The Morgan fingerprint density at radius 3 is 2.46 bits per heavy atom. The van der Waals surface area contributed by atoms with Gasteiger partial charge in [0.25, 0.3) is 0 Å². The molecule has 1 N–H and O–H groups in total. The van der Waals surface area contributed by atoms with Crippen molar-refractivity contribution in [2.45, 2.75) is 25.4 Å². The number of phenolic OH excluding ortho intramolecular Hbond substituents is 1. The molecule has 0 aromatic heterocycles. The summed E-state index contributed by atoms with van der Waals surface area (Å²) in [4.78, 5) is 2.25. The Labute approximate surface area is 144 Å². The van der Waals surface area contributed by atoms with Crippen molar-refractivity contribution in [3.05, 3.63) is 53.6 Å². The zero-order chi connectivity index (χ0) is 17.1. The first-order chi connectivity index (χ1) is 11.6. The first kappa shape index (κ1) is 17.0. The van der Waals surface area contributed by atoms with Crippen molar-refractivity contribution in [2.24, 2.45) is 5.92 Å². The Balaban J connectivity index is 1.84. The highest BCUT2D eigenvalue weighted by atomic mass is 16.5. The Bertz CT molecular complexity index is 679. The van der Waals surface area contributed by atoms with Gasteiger partial charge in [-0.25, -0.2) is 0 Å². The number of hydrogen-bond acceptors (Lipinski definition) is 3. The fourth-order valence-corrected chi connectivity index (χ4v) is 3.72. The second-order valence-corrected chi connectivity index (χ2v) is 7.01. The molecule has 2 atom stereocenters. The number of benzene rings is 2. The highest BCUT2D eigenvalue weighted by molar-refractivity contribution is 5.66. The summed E-state index contributed by atoms with van der Waals surface area (Å²) in [6, 6.07) is 14.1. The van der Waals surface area contributed by atoms with E-state index in [1.807, 2.05) is 19.2 Å². The molecule has 0 saturated carbocycles. The number of aromatic hydroxyl groups is 1. The highest BCUT2D eigenvalue weighted by Gasteiger charge is 2.29. The smallest absolute Gasteiger partial charge is 0.115 e. The van der Waals surface area contributed by atoms with Crippen LogP contribution in [0.5, 0.6) is 5.75 Å². The molecule has 2 aromatic carbocycles. The van der Waals surface area contributed by atoms with Crippen LogP contribution >= 0.6 is 0 Å². The number of nitrogens with zero attached hydrogens (tertiary/aromatic N) is 1.